The predicted octanol–water partition coefficient (Wildman–Crippen LogP) is 3.26. The molecule has 0 aromatic heterocycles. The molecule has 0 saturated heterocycles. The van der Waals surface area contributed by atoms with Crippen LogP contribution in [-0.4, -0.2) is 24.3 Å². The first kappa shape index (κ1) is 15.1. The van der Waals surface area contributed by atoms with Crippen LogP contribution in [0.1, 0.15) is 25.7 Å². The molecule has 4 nitrogen and oxygen atoms in total. The van der Waals surface area contributed by atoms with E-state index in [0.717, 1.165) is 12.8 Å². The molecule has 2 rings (SSSR count). The Morgan fingerprint density at radius 1 is 1.25 bits per heavy atom. The van der Waals surface area contributed by atoms with Gasteiger partial charge in [-0.2, -0.15) is 0 Å². The van der Waals surface area contributed by atoms with E-state index in [-0.39, 0.29) is 12.6 Å². The number of carbonyl (C=O) groups is 1. The van der Waals surface area contributed by atoms with Gasteiger partial charge in [-0.3, -0.25) is 0 Å². The lowest BCUT2D eigenvalue weighted by molar-refractivity contribution is 0.134. The summed E-state index contributed by atoms with van der Waals surface area (Å²) in [4.78, 5) is 11.9. The number of aliphatic hydroxyl groups is 1. The van der Waals surface area contributed by atoms with Gasteiger partial charge in [0, 0.05) is 13.2 Å². The Hall–Kier alpha value is -1.26. The summed E-state index contributed by atoms with van der Waals surface area (Å²) in [6, 6.07) is 6.89. The van der Waals surface area contributed by atoms with Crippen LogP contribution in [0.15, 0.2) is 24.3 Å². The van der Waals surface area contributed by atoms with E-state index in [1.807, 2.05) is 12.1 Å². The number of rotatable bonds is 4. The highest BCUT2D eigenvalue weighted by atomic mass is 35.5. The van der Waals surface area contributed by atoms with Gasteiger partial charge >= 0.3 is 6.03 Å². The van der Waals surface area contributed by atoms with E-state index in [0.29, 0.717) is 29.1 Å². The summed E-state index contributed by atoms with van der Waals surface area (Å²) >= 11 is 5.99. The Kier molecular flexibility index (Phi) is 5.68. The van der Waals surface area contributed by atoms with Crippen molar-refractivity contribution in [3.8, 4) is 0 Å². The minimum absolute atomic E-state index is 0.207. The van der Waals surface area contributed by atoms with Gasteiger partial charge in [0.15, 0.2) is 0 Å². The van der Waals surface area contributed by atoms with E-state index in [2.05, 4.69) is 10.6 Å². The van der Waals surface area contributed by atoms with Crippen molar-refractivity contribution in [1.82, 2.24) is 5.32 Å². The molecule has 1 aromatic carbocycles. The highest BCUT2D eigenvalue weighted by Gasteiger charge is 2.24. The third kappa shape index (κ3) is 4.12. The van der Waals surface area contributed by atoms with Crippen LogP contribution >= 0.6 is 11.6 Å². The summed E-state index contributed by atoms with van der Waals surface area (Å²) < 4.78 is 0. The summed E-state index contributed by atoms with van der Waals surface area (Å²) in [5.74, 6) is 0.676. The van der Waals surface area contributed by atoms with Crippen molar-refractivity contribution < 1.29 is 9.90 Å². The lowest BCUT2D eigenvalue weighted by atomic mass is 9.80. The van der Waals surface area contributed by atoms with Crippen molar-refractivity contribution in [2.24, 2.45) is 11.8 Å². The van der Waals surface area contributed by atoms with Gasteiger partial charge in [-0.15, -0.1) is 0 Å². The minimum Gasteiger partial charge on any atom is -0.396 e. The summed E-state index contributed by atoms with van der Waals surface area (Å²) in [5, 5.41) is 15.5. The van der Waals surface area contributed by atoms with Crippen LogP contribution in [-0.2, 0) is 0 Å². The molecular formula is C15H21ClN2O2. The molecule has 0 bridgehead atoms. The van der Waals surface area contributed by atoms with Crippen molar-refractivity contribution >= 4 is 23.3 Å². The van der Waals surface area contributed by atoms with Crippen molar-refractivity contribution in [2.75, 3.05) is 18.5 Å². The van der Waals surface area contributed by atoms with E-state index >= 15 is 0 Å². The Morgan fingerprint density at radius 2 is 1.95 bits per heavy atom. The summed E-state index contributed by atoms with van der Waals surface area (Å²) in [5.41, 5.74) is 0.606. The molecular weight excluding hydrogens is 276 g/mol. The standard InChI is InChI=1S/C15H21ClN2O2/c16-13-7-3-4-8-14(13)18-15(20)17-9-11-5-1-2-6-12(11)10-19/h3-4,7-8,11-12,19H,1-2,5-6,9-10H2,(H2,17,18,20). The van der Waals surface area contributed by atoms with Gasteiger partial charge in [-0.25, -0.2) is 4.79 Å². The van der Waals surface area contributed by atoms with Gasteiger partial charge in [0.1, 0.15) is 0 Å². The van der Waals surface area contributed by atoms with E-state index in [1.54, 1.807) is 12.1 Å². The number of para-hydroxylation sites is 1. The predicted molar refractivity (Wildman–Crippen MR) is 81.0 cm³/mol. The number of hydrogen-bond donors (Lipinski definition) is 3. The maximum atomic E-state index is 11.9. The molecule has 110 valence electrons. The van der Waals surface area contributed by atoms with E-state index in [1.165, 1.54) is 12.8 Å². The van der Waals surface area contributed by atoms with Gasteiger partial charge in [-0.1, -0.05) is 36.6 Å². The Labute approximate surface area is 124 Å². The van der Waals surface area contributed by atoms with Crippen LogP contribution in [0.25, 0.3) is 0 Å². The van der Waals surface area contributed by atoms with E-state index < -0.39 is 0 Å². The van der Waals surface area contributed by atoms with E-state index in [9.17, 15) is 9.90 Å². The Bertz CT molecular complexity index is 453. The van der Waals surface area contributed by atoms with Crippen molar-refractivity contribution in [3.05, 3.63) is 29.3 Å². The number of aliphatic hydroxyl groups excluding tert-OH is 1. The fourth-order valence-electron chi connectivity index (χ4n) is 2.75. The van der Waals surface area contributed by atoms with Gasteiger partial charge in [0.2, 0.25) is 0 Å². The van der Waals surface area contributed by atoms with Gasteiger partial charge in [0.05, 0.1) is 10.7 Å². The molecule has 1 aliphatic carbocycles. The van der Waals surface area contributed by atoms with Gasteiger partial charge in [-0.05, 0) is 36.8 Å². The molecule has 1 aliphatic rings. The number of nitrogens with one attached hydrogen (secondary N) is 2. The van der Waals surface area contributed by atoms with Crippen molar-refractivity contribution in [2.45, 2.75) is 25.7 Å². The molecule has 1 saturated carbocycles. The zero-order valence-electron chi connectivity index (χ0n) is 11.4. The highest BCUT2D eigenvalue weighted by molar-refractivity contribution is 6.33. The summed E-state index contributed by atoms with van der Waals surface area (Å²) in [7, 11) is 0. The van der Waals surface area contributed by atoms with Crippen LogP contribution in [0.2, 0.25) is 5.02 Å². The fourth-order valence-corrected chi connectivity index (χ4v) is 2.93. The normalized spacial score (nSPS) is 22.3. The summed E-state index contributed by atoms with van der Waals surface area (Å²) in [6.07, 6.45) is 4.47. The van der Waals surface area contributed by atoms with Crippen LogP contribution in [0.3, 0.4) is 0 Å². The average Bonchev–Trinajstić information content (AvgIpc) is 2.48. The molecule has 1 fully saturated rings. The fraction of sp³-hybridized carbons (Fsp3) is 0.533. The lowest BCUT2D eigenvalue weighted by Gasteiger charge is -2.30. The maximum absolute atomic E-state index is 11.9. The molecule has 2 unspecified atom stereocenters. The quantitative estimate of drug-likeness (QED) is 0.798. The number of benzene rings is 1. The second-order valence-corrected chi connectivity index (χ2v) is 5.71. The molecule has 1 aromatic rings. The molecule has 5 heteroatoms. The van der Waals surface area contributed by atoms with E-state index in [4.69, 9.17) is 11.6 Å². The van der Waals surface area contributed by atoms with Crippen molar-refractivity contribution in [3.63, 3.8) is 0 Å². The molecule has 20 heavy (non-hydrogen) atoms. The summed E-state index contributed by atoms with van der Waals surface area (Å²) in [6.45, 7) is 0.806. The number of hydrogen-bond acceptors (Lipinski definition) is 2. The van der Waals surface area contributed by atoms with Crippen molar-refractivity contribution in [1.29, 1.82) is 0 Å². The first-order valence-corrected chi connectivity index (χ1v) is 7.48. The number of carbonyl (C=O) groups excluding carboxylic acids is 1. The second-order valence-electron chi connectivity index (χ2n) is 5.30. The molecule has 2 atom stereocenters. The first-order valence-electron chi connectivity index (χ1n) is 7.11. The number of halogens is 1. The highest BCUT2D eigenvalue weighted by Crippen LogP contribution is 2.29. The monoisotopic (exact) mass is 296 g/mol. The second kappa shape index (κ2) is 7.50. The van der Waals surface area contributed by atoms with Crippen LogP contribution in [0, 0.1) is 11.8 Å². The maximum Gasteiger partial charge on any atom is 0.319 e. The third-order valence-electron chi connectivity index (χ3n) is 3.95. The number of anilines is 1. The van der Waals surface area contributed by atoms with Crippen LogP contribution in [0.5, 0.6) is 0 Å². The molecule has 2 amide bonds. The average molecular weight is 297 g/mol. The topological polar surface area (TPSA) is 61.4 Å². The largest absolute Gasteiger partial charge is 0.396 e. The molecule has 3 N–H and O–H groups in total. The van der Waals surface area contributed by atoms with Crippen LogP contribution < -0.4 is 10.6 Å². The first-order chi connectivity index (χ1) is 9.70. The zero-order chi connectivity index (χ0) is 14.4. The smallest absolute Gasteiger partial charge is 0.319 e. The van der Waals surface area contributed by atoms with Crippen LogP contribution in [0.4, 0.5) is 10.5 Å². The third-order valence-corrected chi connectivity index (χ3v) is 4.28. The molecule has 0 heterocycles. The molecule has 0 spiro atoms. The molecule has 0 radical (unpaired) electrons. The van der Waals surface area contributed by atoms with Gasteiger partial charge in [0.25, 0.3) is 0 Å². The molecule has 0 aliphatic heterocycles. The SMILES string of the molecule is O=C(NCC1CCCCC1CO)Nc1ccccc1Cl. The zero-order valence-corrected chi connectivity index (χ0v) is 12.2. The van der Waals surface area contributed by atoms with Gasteiger partial charge < -0.3 is 15.7 Å². The number of urea groups is 1. The Balaban J connectivity index is 1.81. The number of amides is 2. The lowest BCUT2D eigenvalue weighted by Crippen LogP contribution is -2.37. The Morgan fingerprint density at radius 3 is 2.65 bits per heavy atom. The minimum atomic E-state index is -0.250.